The number of rotatable bonds is 2. The topological polar surface area (TPSA) is 56.3 Å². The average Bonchev–Trinajstić information content (AvgIpc) is 2.54. The highest BCUT2D eigenvalue weighted by atomic mass is 16.5. The Morgan fingerprint density at radius 3 is 3.00 bits per heavy atom. The lowest BCUT2D eigenvalue weighted by Crippen LogP contribution is -2.35. The molecule has 0 aliphatic heterocycles. The van der Waals surface area contributed by atoms with E-state index in [1.54, 1.807) is 32.2 Å². The number of hydrogen-bond acceptors (Lipinski definition) is 4. The largest absolute Gasteiger partial charge is 0.465 e. The van der Waals surface area contributed by atoms with Gasteiger partial charge in [-0.25, -0.2) is 0 Å². The number of ether oxygens (including phenoxy) is 1. The summed E-state index contributed by atoms with van der Waals surface area (Å²) >= 11 is 0. The second-order valence-corrected chi connectivity index (χ2v) is 4.06. The number of carbonyl (C=O) groups excluding carboxylic acids is 2. The van der Waals surface area contributed by atoms with Crippen molar-refractivity contribution in [1.82, 2.24) is 4.98 Å². The predicted molar refractivity (Wildman–Crippen MR) is 57.0 cm³/mol. The summed E-state index contributed by atoms with van der Waals surface area (Å²) in [5.41, 5.74) is 0.133. The van der Waals surface area contributed by atoms with Crippen molar-refractivity contribution in [3.05, 3.63) is 29.6 Å². The van der Waals surface area contributed by atoms with Crippen molar-refractivity contribution in [2.45, 2.75) is 20.3 Å². The minimum Gasteiger partial charge on any atom is -0.465 e. The zero-order valence-corrected chi connectivity index (χ0v) is 9.32. The van der Waals surface area contributed by atoms with Crippen LogP contribution in [0.2, 0.25) is 0 Å². The summed E-state index contributed by atoms with van der Waals surface area (Å²) in [6.07, 6.45) is 1.96. The van der Waals surface area contributed by atoms with Crippen LogP contribution in [0.1, 0.15) is 29.9 Å². The quantitative estimate of drug-likeness (QED) is 0.557. The average molecular weight is 219 g/mol. The highest BCUT2D eigenvalue weighted by Gasteiger charge is 2.49. The first-order valence-corrected chi connectivity index (χ1v) is 5.25. The van der Waals surface area contributed by atoms with Gasteiger partial charge in [0.1, 0.15) is 5.41 Å². The summed E-state index contributed by atoms with van der Waals surface area (Å²) in [6.45, 7) is 3.63. The molecule has 0 saturated carbocycles. The fourth-order valence-corrected chi connectivity index (χ4v) is 1.95. The first-order valence-electron chi connectivity index (χ1n) is 5.25. The SMILES string of the molecule is CCOC(=O)C1(C)Cc2ncccc2C1=O. The molecule has 0 fully saturated rings. The molecule has 0 aromatic carbocycles. The van der Waals surface area contributed by atoms with Crippen molar-refractivity contribution in [3.8, 4) is 0 Å². The second kappa shape index (κ2) is 3.70. The van der Waals surface area contributed by atoms with Crippen molar-refractivity contribution in [2.24, 2.45) is 5.41 Å². The molecule has 4 heteroatoms. The summed E-state index contributed by atoms with van der Waals surface area (Å²) < 4.78 is 4.94. The third-order valence-electron chi connectivity index (χ3n) is 2.88. The van der Waals surface area contributed by atoms with E-state index in [-0.39, 0.29) is 12.4 Å². The van der Waals surface area contributed by atoms with Crippen LogP contribution in [0, 0.1) is 5.41 Å². The van der Waals surface area contributed by atoms with Gasteiger partial charge in [-0.2, -0.15) is 0 Å². The molecule has 0 spiro atoms. The fourth-order valence-electron chi connectivity index (χ4n) is 1.95. The fraction of sp³-hybridized carbons (Fsp3) is 0.417. The van der Waals surface area contributed by atoms with Gasteiger partial charge in [-0.3, -0.25) is 14.6 Å². The lowest BCUT2D eigenvalue weighted by molar-refractivity contribution is -0.151. The van der Waals surface area contributed by atoms with Gasteiger partial charge >= 0.3 is 5.97 Å². The van der Waals surface area contributed by atoms with Gasteiger partial charge in [-0.15, -0.1) is 0 Å². The molecule has 0 amide bonds. The van der Waals surface area contributed by atoms with Crippen LogP contribution >= 0.6 is 0 Å². The Kier molecular flexibility index (Phi) is 2.50. The van der Waals surface area contributed by atoms with Gasteiger partial charge in [-0.05, 0) is 26.0 Å². The predicted octanol–water partition coefficient (Wildman–Crippen LogP) is 1.39. The zero-order chi connectivity index (χ0) is 11.8. The Bertz CT molecular complexity index is 455. The van der Waals surface area contributed by atoms with Gasteiger partial charge in [0.05, 0.1) is 12.3 Å². The number of carbonyl (C=O) groups is 2. The van der Waals surface area contributed by atoms with Gasteiger partial charge in [0, 0.05) is 18.2 Å². The first kappa shape index (κ1) is 10.8. The molecular weight excluding hydrogens is 206 g/mol. The maximum atomic E-state index is 12.1. The highest BCUT2D eigenvalue weighted by molar-refractivity contribution is 6.15. The van der Waals surface area contributed by atoms with Crippen LogP contribution in [0.3, 0.4) is 0 Å². The Balaban J connectivity index is 2.37. The molecule has 4 nitrogen and oxygen atoms in total. The van der Waals surface area contributed by atoms with Crippen LogP contribution in [-0.2, 0) is 16.0 Å². The highest BCUT2D eigenvalue weighted by Crippen LogP contribution is 2.36. The van der Waals surface area contributed by atoms with Gasteiger partial charge in [-0.1, -0.05) is 0 Å². The van der Waals surface area contributed by atoms with E-state index in [0.717, 1.165) is 0 Å². The van der Waals surface area contributed by atoms with Crippen molar-refractivity contribution in [2.75, 3.05) is 6.61 Å². The van der Waals surface area contributed by atoms with E-state index in [1.807, 2.05) is 0 Å². The molecule has 1 atom stereocenters. The van der Waals surface area contributed by atoms with Gasteiger partial charge in [0.25, 0.3) is 0 Å². The number of Topliss-reactive ketones (excluding diaryl/α,β-unsaturated/α-hetero) is 1. The van der Waals surface area contributed by atoms with Crippen molar-refractivity contribution < 1.29 is 14.3 Å². The van der Waals surface area contributed by atoms with Crippen molar-refractivity contribution >= 4 is 11.8 Å². The zero-order valence-electron chi connectivity index (χ0n) is 9.32. The summed E-state index contributed by atoms with van der Waals surface area (Å²) in [5.74, 6) is -0.646. The normalized spacial score (nSPS) is 23.0. The van der Waals surface area contributed by atoms with Crippen LogP contribution in [0.4, 0.5) is 0 Å². The van der Waals surface area contributed by atoms with E-state index in [9.17, 15) is 9.59 Å². The monoisotopic (exact) mass is 219 g/mol. The molecule has 0 radical (unpaired) electrons. The molecule has 0 saturated heterocycles. The maximum Gasteiger partial charge on any atom is 0.320 e. The number of nitrogens with zero attached hydrogens (tertiary/aromatic N) is 1. The van der Waals surface area contributed by atoms with E-state index in [0.29, 0.717) is 17.7 Å². The van der Waals surface area contributed by atoms with E-state index in [2.05, 4.69) is 4.98 Å². The molecule has 84 valence electrons. The third kappa shape index (κ3) is 1.41. The van der Waals surface area contributed by atoms with Crippen LogP contribution in [0.25, 0.3) is 0 Å². The Labute approximate surface area is 93.6 Å². The molecule has 1 unspecified atom stereocenters. The van der Waals surface area contributed by atoms with Gasteiger partial charge < -0.3 is 4.74 Å². The Morgan fingerprint density at radius 2 is 2.38 bits per heavy atom. The van der Waals surface area contributed by atoms with Crippen molar-refractivity contribution in [3.63, 3.8) is 0 Å². The molecule has 1 aliphatic carbocycles. The van der Waals surface area contributed by atoms with Crippen LogP contribution in [-0.4, -0.2) is 23.3 Å². The molecule has 0 bridgehead atoms. The van der Waals surface area contributed by atoms with Crippen molar-refractivity contribution in [1.29, 1.82) is 0 Å². The number of ketones is 1. The molecule has 1 aromatic rings. The van der Waals surface area contributed by atoms with E-state index < -0.39 is 11.4 Å². The second-order valence-electron chi connectivity index (χ2n) is 4.06. The number of aromatic nitrogens is 1. The number of pyridine rings is 1. The molecule has 2 rings (SSSR count). The minimum absolute atomic E-state index is 0.186. The Morgan fingerprint density at radius 1 is 1.62 bits per heavy atom. The lowest BCUT2D eigenvalue weighted by Gasteiger charge is -2.18. The van der Waals surface area contributed by atoms with Crippen LogP contribution in [0.15, 0.2) is 18.3 Å². The lowest BCUT2D eigenvalue weighted by atomic mass is 9.86. The number of hydrogen-bond donors (Lipinski definition) is 0. The van der Waals surface area contributed by atoms with Gasteiger partial charge in [0.15, 0.2) is 5.78 Å². The smallest absolute Gasteiger partial charge is 0.320 e. The Hall–Kier alpha value is -1.71. The molecule has 1 heterocycles. The molecular formula is C12H13NO3. The molecule has 1 aliphatic rings. The van der Waals surface area contributed by atoms with E-state index in [1.165, 1.54) is 0 Å². The number of fused-ring (bicyclic) bond motifs is 1. The molecule has 1 aromatic heterocycles. The number of esters is 1. The van der Waals surface area contributed by atoms with Gasteiger partial charge in [0.2, 0.25) is 0 Å². The summed E-state index contributed by atoms with van der Waals surface area (Å²) in [5, 5.41) is 0. The standard InChI is InChI=1S/C12H13NO3/c1-3-16-11(15)12(2)7-9-8(10(12)14)5-4-6-13-9/h4-6H,3,7H2,1-2H3. The summed E-state index contributed by atoms with van der Waals surface area (Å²) in [4.78, 5) is 28.0. The molecule has 16 heavy (non-hydrogen) atoms. The van der Waals surface area contributed by atoms with E-state index in [4.69, 9.17) is 4.74 Å². The van der Waals surface area contributed by atoms with E-state index >= 15 is 0 Å². The first-order chi connectivity index (χ1) is 7.59. The van der Waals surface area contributed by atoms with Crippen LogP contribution in [0.5, 0.6) is 0 Å². The third-order valence-corrected chi connectivity index (χ3v) is 2.88. The summed E-state index contributed by atoms with van der Waals surface area (Å²) in [7, 11) is 0. The molecule has 0 N–H and O–H groups in total. The van der Waals surface area contributed by atoms with Crippen LogP contribution < -0.4 is 0 Å². The summed E-state index contributed by atoms with van der Waals surface area (Å²) in [6, 6.07) is 3.41. The maximum absolute atomic E-state index is 12.1. The minimum atomic E-state index is -1.09.